The molecule has 0 aromatic carbocycles. The van der Waals surface area contributed by atoms with E-state index in [-0.39, 0.29) is 30.2 Å². The van der Waals surface area contributed by atoms with Crippen molar-refractivity contribution in [3.05, 3.63) is 34.3 Å². The highest BCUT2D eigenvalue weighted by Gasteiger charge is 2.17. The molecular weight excluding hydrogens is 294 g/mol. The van der Waals surface area contributed by atoms with Gasteiger partial charge in [-0.25, -0.2) is 0 Å². The van der Waals surface area contributed by atoms with Gasteiger partial charge < -0.3 is 21.2 Å². The van der Waals surface area contributed by atoms with Crippen LogP contribution in [0.5, 0.6) is 0 Å². The van der Waals surface area contributed by atoms with Crippen LogP contribution in [0.4, 0.5) is 11.5 Å². The van der Waals surface area contributed by atoms with E-state index in [0.29, 0.717) is 0 Å². The van der Waals surface area contributed by atoms with E-state index in [4.69, 9.17) is 5.73 Å². The number of nitro groups is 1. The van der Waals surface area contributed by atoms with Gasteiger partial charge in [-0.3, -0.25) is 14.3 Å². The lowest BCUT2D eigenvalue weighted by atomic mass is 10.3. The molecule has 0 spiro atoms. The largest absolute Gasteiger partial charge is 0.389 e. The second kappa shape index (κ2) is 6.03. The molecule has 11 heteroatoms. The number of carbonyl (C=O) groups is 2. The number of aryl methyl sites for hydroxylation is 2. The first kappa shape index (κ1) is 15.2. The normalized spacial score (nSPS) is 10.4. The van der Waals surface area contributed by atoms with Crippen LogP contribution < -0.4 is 11.1 Å². The molecule has 0 unspecified atom stereocenters. The molecule has 2 heterocycles. The predicted molar refractivity (Wildman–Crippen MR) is 73.9 cm³/mol. The topological polar surface area (TPSA) is 151 Å². The van der Waals surface area contributed by atoms with Crippen molar-refractivity contribution >= 4 is 23.3 Å². The summed E-state index contributed by atoms with van der Waals surface area (Å²) < 4.78 is 2.55. The number of amides is 2. The molecule has 0 aliphatic heterocycles. The Hall–Kier alpha value is -3.24. The maximum atomic E-state index is 11.8. The number of rotatable bonds is 6. The van der Waals surface area contributed by atoms with Gasteiger partial charge in [-0.2, -0.15) is 9.78 Å². The quantitative estimate of drug-likeness (QED) is 0.550. The summed E-state index contributed by atoms with van der Waals surface area (Å²) in [5, 5.41) is 20.5. The summed E-state index contributed by atoms with van der Waals surface area (Å²) >= 11 is 0. The Morgan fingerprint density at radius 1 is 1.50 bits per heavy atom. The molecule has 2 aromatic rings. The number of nitrogens with one attached hydrogen (secondary N) is 1. The maximum absolute atomic E-state index is 11.8. The second-order valence-corrected chi connectivity index (χ2v) is 4.39. The van der Waals surface area contributed by atoms with Crippen LogP contribution in [0.2, 0.25) is 0 Å². The first-order valence-corrected chi connectivity index (χ1v) is 6.18. The SMILES string of the molecule is Cn1ncc(NC(=O)CCn2ccc([N+](=O)[O-])n2)c1C(N)=O. The molecule has 0 fully saturated rings. The third kappa shape index (κ3) is 3.26. The Balaban J connectivity index is 1.96. The van der Waals surface area contributed by atoms with Crippen LogP contribution in [-0.4, -0.2) is 36.3 Å². The molecule has 0 aliphatic carbocycles. The van der Waals surface area contributed by atoms with Gasteiger partial charge in [0.2, 0.25) is 5.91 Å². The highest BCUT2D eigenvalue weighted by molar-refractivity contribution is 6.01. The van der Waals surface area contributed by atoms with Crippen LogP contribution in [0, 0.1) is 10.1 Å². The van der Waals surface area contributed by atoms with Crippen molar-refractivity contribution in [2.24, 2.45) is 12.8 Å². The standard InChI is InChI=1S/C11H13N7O4/c1-16-10(11(12)20)7(6-13-16)14-9(19)3-5-17-4-2-8(15-17)18(21)22/h2,4,6H,3,5H2,1H3,(H2,12,20)(H,14,19). The first-order chi connectivity index (χ1) is 10.4. The van der Waals surface area contributed by atoms with Crippen molar-refractivity contribution < 1.29 is 14.5 Å². The minimum atomic E-state index is -0.710. The Labute approximate surface area is 123 Å². The minimum Gasteiger partial charge on any atom is -0.364 e. The van der Waals surface area contributed by atoms with Crippen molar-refractivity contribution in [3.8, 4) is 0 Å². The van der Waals surface area contributed by atoms with Crippen LogP contribution in [-0.2, 0) is 18.4 Å². The number of anilines is 1. The average molecular weight is 307 g/mol. The Morgan fingerprint density at radius 2 is 2.23 bits per heavy atom. The van der Waals surface area contributed by atoms with Crippen LogP contribution in [0.25, 0.3) is 0 Å². The lowest BCUT2D eigenvalue weighted by Gasteiger charge is -2.04. The summed E-state index contributed by atoms with van der Waals surface area (Å²) in [4.78, 5) is 33.0. The molecule has 2 aromatic heterocycles. The fraction of sp³-hybridized carbons (Fsp3) is 0.273. The van der Waals surface area contributed by atoms with E-state index in [1.807, 2.05) is 0 Å². The smallest absolute Gasteiger partial charge is 0.364 e. The van der Waals surface area contributed by atoms with E-state index in [1.54, 1.807) is 0 Å². The number of nitrogens with zero attached hydrogens (tertiary/aromatic N) is 5. The summed E-state index contributed by atoms with van der Waals surface area (Å²) in [5.41, 5.74) is 5.50. The number of carbonyl (C=O) groups excluding carboxylic acids is 2. The summed E-state index contributed by atoms with van der Waals surface area (Å²) in [6, 6.07) is 1.24. The zero-order valence-electron chi connectivity index (χ0n) is 11.6. The summed E-state index contributed by atoms with van der Waals surface area (Å²) in [6.07, 6.45) is 2.74. The predicted octanol–water partition coefficient (Wildman–Crippen LogP) is -0.348. The average Bonchev–Trinajstić information content (AvgIpc) is 3.03. The van der Waals surface area contributed by atoms with E-state index in [2.05, 4.69) is 15.5 Å². The molecule has 0 saturated carbocycles. The van der Waals surface area contributed by atoms with Crippen LogP contribution >= 0.6 is 0 Å². The number of primary amides is 1. The van der Waals surface area contributed by atoms with Crippen molar-refractivity contribution in [3.63, 3.8) is 0 Å². The van der Waals surface area contributed by atoms with Crippen LogP contribution in [0.15, 0.2) is 18.5 Å². The highest BCUT2D eigenvalue weighted by atomic mass is 16.6. The summed E-state index contributed by atoms with van der Waals surface area (Å²) in [7, 11) is 1.53. The molecule has 3 N–H and O–H groups in total. The van der Waals surface area contributed by atoms with Gasteiger partial charge in [-0.1, -0.05) is 0 Å². The number of hydrogen-bond acceptors (Lipinski definition) is 6. The van der Waals surface area contributed by atoms with E-state index in [1.165, 1.54) is 34.9 Å². The molecule has 0 atom stereocenters. The molecule has 0 aliphatic rings. The zero-order chi connectivity index (χ0) is 16.3. The molecule has 22 heavy (non-hydrogen) atoms. The number of hydrogen-bond donors (Lipinski definition) is 2. The fourth-order valence-corrected chi connectivity index (χ4v) is 1.82. The van der Waals surface area contributed by atoms with Gasteiger partial charge in [0.05, 0.1) is 35.8 Å². The van der Waals surface area contributed by atoms with E-state index in [0.717, 1.165) is 0 Å². The third-order valence-corrected chi connectivity index (χ3v) is 2.83. The summed E-state index contributed by atoms with van der Waals surface area (Å²) in [5.74, 6) is -1.39. The molecule has 0 radical (unpaired) electrons. The Bertz CT molecular complexity index is 733. The summed E-state index contributed by atoms with van der Waals surface area (Å²) in [6.45, 7) is 0.159. The zero-order valence-corrected chi connectivity index (χ0v) is 11.6. The molecule has 2 rings (SSSR count). The van der Waals surface area contributed by atoms with Gasteiger partial charge in [-0.05, 0) is 4.92 Å². The van der Waals surface area contributed by atoms with Gasteiger partial charge in [0.25, 0.3) is 5.91 Å². The van der Waals surface area contributed by atoms with E-state index in [9.17, 15) is 19.7 Å². The van der Waals surface area contributed by atoms with Crippen LogP contribution in [0.3, 0.4) is 0 Å². The molecule has 0 bridgehead atoms. The number of aromatic nitrogens is 4. The molecule has 0 saturated heterocycles. The second-order valence-electron chi connectivity index (χ2n) is 4.39. The van der Waals surface area contributed by atoms with Gasteiger partial charge in [0.1, 0.15) is 5.69 Å². The van der Waals surface area contributed by atoms with E-state index < -0.39 is 16.7 Å². The van der Waals surface area contributed by atoms with Crippen molar-refractivity contribution in [2.75, 3.05) is 5.32 Å². The van der Waals surface area contributed by atoms with Crippen molar-refractivity contribution in [1.29, 1.82) is 0 Å². The third-order valence-electron chi connectivity index (χ3n) is 2.83. The van der Waals surface area contributed by atoms with Gasteiger partial charge >= 0.3 is 5.82 Å². The van der Waals surface area contributed by atoms with Gasteiger partial charge in [0, 0.05) is 13.5 Å². The van der Waals surface area contributed by atoms with Gasteiger partial charge in [0.15, 0.2) is 0 Å². The van der Waals surface area contributed by atoms with E-state index >= 15 is 0 Å². The Morgan fingerprint density at radius 3 is 2.82 bits per heavy atom. The monoisotopic (exact) mass is 307 g/mol. The number of nitrogens with two attached hydrogens (primary N) is 1. The molecular formula is C11H13N7O4. The minimum absolute atomic E-state index is 0.0198. The Kier molecular flexibility index (Phi) is 4.15. The van der Waals surface area contributed by atoms with Crippen molar-refractivity contribution in [2.45, 2.75) is 13.0 Å². The molecule has 116 valence electrons. The van der Waals surface area contributed by atoms with Crippen molar-refractivity contribution in [1.82, 2.24) is 19.6 Å². The van der Waals surface area contributed by atoms with Gasteiger partial charge in [-0.15, -0.1) is 0 Å². The fourth-order valence-electron chi connectivity index (χ4n) is 1.82. The van der Waals surface area contributed by atoms with Crippen LogP contribution in [0.1, 0.15) is 16.9 Å². The first-order valence-electron chi connectivity index (χ1n) is 6.18. The maximum Gasteiger partial charge on any atom is 0.389 e. The lowest BCUT2D eigenvalue weighted by molar-refractivity contribution is -0.389. The highest BCUT2D eigenvalue weighted by Crippen LogP contribution is 2.13. The molecule has 2 amide bonds. The molecule has 11 nitrogen and oxygen atoms in total. The lowest BCUT2D eigenvalue weighted by Crippen LogP contribution is -2.20.